The van der Waals surface area contributed by atoms with Gasteiger partial charge in [-0.1, -0.05) is 0 Å². The van der Waals surface area contributed by atoms with Crippen molar-refractivity contribution in [3.05, 3.63) is 0 Å². The first-order chi connectivity index (χ1) is 7.27. The SMILES string of the molecule is O=C(CC1CCCO1)N1CCCNC1=O. The molecule has 0 bridgehead atoms. The van der Waals surface area contributed by atoms with Crippen molar-refractivity contribution in [1.82, 2.24) is 10.2 Å². The van der Waals surface area contributed by atoms with Gasteiger partial charge >= 0.3 is 6.03 Å². The topological polar surface area (TPSA) is 58.6 Å². The molecule has 0 aliphatic carbocycles. The number of rotatable bonds is 2. The zero-order valence-electron chi connectivity index (χ0n) is 8.70. The van der Waals surface area contributed by atoms with E-state index in [1.54, 1.807) is 0 Å². The molecule has 0 spiro atoms. The summed E-state index contributed by atoms with van der Waals surface area (Å²) in [5.74, 6) is -0.112. The van der Waals surface area contributed by atoms with Crippen LogP contribution in [0.15, 0.2) is 0 Å². The summed E-state index contributed by atoms with van der Waals surface area (Å²) in [6.45, 7) is 1.95. The van der Waals surface area contributed by atoms with E-state index in [9.17, 15) is 9.59 Å². The molecule has 2 aliphatic rings. The van der Waals surface area contributed by atoms with Crippen molar-refractivity contribution >= 4 is 11.9 Å². The molecule has 15 heavy (non-hydrogen) atoms. The van der Waals surface area contributed by atoms with Crippen LogP contribution in [0.1, 0.15) is 25.7 Å². The standard InChI is InChI=1S/C10H16N2O3/c13-9(7-8-3-1-6-15-8)12-5-2-4-11-10(12)14/h8H,1-7H2,(H,11,14). The Kier molecular flexibility index (Phi) is 3.20. The third-order valence-electron chi connectivity index (χ3n) is 2.81. The minimum absolute atomic E-state index is 0.0206. The molecular weight excluding hydrogens is 196 g/mol. The van der Waals surface area contributed by atoms with Crippen LogP contribution in [0.5, 0.6) is 0 Å². The van der Waals surface area contributed by atoms with Gasteiger partial charge in [0.15, 0.2) is 0 Å². The van der Waals surface area contributed by atoms with Gasteiger partial charge in [-0.15, -0.1) is 0 Å². The first kappa shape index (κ1) is 10.4. The number of carbonyl (C=O) groups is 2. The molecule has 2 aliphatic heterocycles. The zero-order valence-corrected chi connectivity index (χ0v) is 8.70. The second kappa shape index (κ2) is 4.61. The minimum Gasteiger partial charge on any atom is -0.378 e. The van der Waals surface area contributed by atoms with Gasteiger partial charge in [-0.3, -0.25) is 9.69 Å². The minimum atomic E-state index is -0.260. The van der Waals surface area contributed by atoms with Crippen molar-refractivity contribution in [1.29, 1.82) is 0 Å². The second-order valence-electron chi connectivity index (χ2n) is 3.97. The van der Waals surface area contributed by atoms with E-state index in [4.69, 9.17) is 4.74 Å². The Morgan fingerprint density at radius 2 is 2.40 bits per heavy atom. The maximum Gasteiger partial charge on any atom is 0.324 e. The molecule has 5 heteroatoms. The van der Waals surface area contributed by atoms with E-state index in [1.807, 2.05) is 0 Å². The van der Waals surface area contributed by atoms with Crippen LogP contribution in [-0.4, -0.2) is 42.6 Å². The summed E-state index contributed by atoms with van der Waals surface area (Å²) in [7, 11) is 0. The molecule has 84 valence electrons. The van der Waals surface area contributed by atoms with Crippen molar-refractivity contribution < 1.29 is 14.3 Å². The highest BCUT2D eigenvalue weighted by Crippen LogP contribution is 2.16. The fourth-order valence-corrected chi connectivity index (χ4v) is 1.98. The van der Waals surface area contributed by atoms with Gasteiger partial charge in [-0.25, -0.2) is 4.79 Å². The Hall–Kier alpha value is -1.10. The van der Waals surface area contributed by atoms with Crippen LogP contribution >= 0.6 is 0 Å². The van der Waals surface area contributed by atoms with Crippen LogP contribution in [0, 0.1) is 0 Å². The average molecular weight is 212 g/mol. The maximum absolute atomic E-state index is 11.7. The summed E-state index contributed by atoms with van der Waals surface area (Å²) in [5.41, 5.74) is 0. The monoisotopic (exact) mass is 212 g/mol. The molecule has 1 atom stereocenters. The van der Waals surface area contributed by atoms with E-state index in [0.717, 1.165) is 25.9 Å². The summed E-state index contributed by atoms with van der Waals surface area (Å²) in [4.78, 5) is 24.4. The van der Waals surface area contributed by atoms with Gasteiger partial charge < -0.3 is 10.1 Å². The lowest BCUT2D eigenvalue weighted by atomic mass is 10.1. The van der Waals surface area contributed by atoms with E-state index < -0.39 is 0 Å². The molecule has 3 amide bonds. The van der Waals surface area contributed by atoms with Gasteiger partial charge in [0.25, 0.3) is 0 Å². The fourth-order valence-electron chi connectivity index (χ4n) is 1.98. The smallest absolute Gasteiger partial charge is 0.324 e. The van der Waals surface area contributed by atoms with E-state index in [0.29, 0.717) is 19.5 Å². The number of nitrogens with zero attached hydrogens (tertiary/aromatic N) is 1. The van der Waals surface area contributed by atoms with Crippen LogP contribution in [0.4, 0.5) is 4.79 Å². The third-order valence-corrected chi connectivity index (χ3v) is 2.81. The van der Waals surface area contributed by atoms with Gasteiger partial charge in [0.1, 0.15) is 0 Å². The first-order valence-corrected chi connectivity index (χ1v) is 5.47. The predicted molar refractivity (Wildman–Crippen MR) is 53.3 cm³/mol. The van der Waals surface area contributed by atoms with Crippen molar-refractivity contribution in [2.45, 2.75) is 31.8 Å². The zero-order chi connectivity index (χ0) is 10.7. The molecule has 2 heterocycles. The summed E-state index contributed by atoms with van der Waals surface area (Å²) in [6.07, 6.45) is 3.15. The van der Waals surface area contributed by atoms with Gasteiger partial charge in [-0.05, 0) is 19.3 Å². The lowest BCUT2D eigenvalue weighted by Crippen LogP contribution is -2.49. The summed E-state index contributed by atoms with van der Waals surface area (Å²) in [5, 5.41) is 2.66. The lowest BCUT2D eigenvalue weighted by molar-refractivity contribution is -0.130. The molecule has 0 radical (unpaired) electrons. The van der Waals surface area contributed by atoms with Crippen LogP contribution < -0.4 is 5.32 Å². The molecule has 0 aromatic carbocycles. The highest BCUT2D eigenvalue weighted by molar-refractivity contribution is 5.95. The van der Waals surface area contributed by atoms with Crippen LogP contribution in [0.25, 0.3) is 0 Å². The summed E-state index contributed by atoms with van der Waals surface area (Å²) >= 11 is 0. The third kappa shape index (κ3) is 2.47. The predicted octanol–water partition coefficient (Wildman–Crippen LogP) is 0.497. The molecule has 0 aromatic rings. The van der Waals surface area contributed by atoms with Crippen LogP contribution in [0.3, 0.4) is 0 Å². The Balaban J connectivity index is 1.85. The number of amides is 3. The van der Waals surface area contributed by atoms with Crippen molar-refractivity contribution in [3.8, 4) is 0 Å². The number of hydrogen-bond acceptors (Lipinski definition) is 3. The van der Waals surface area contributed by atoms with Gasteiger partial charge in [0, 0.05) is 19.7 Å². The molecule has 2 rings (SSSR count). The summed E-state index contributed by atoms with van der Waals surface area (Å²) < 4.78 is 5.37. The van der Waals surface area contributed by atoms with E-state index >= 15 is 0 Å². The Morgan fingerprint density at radius 1 is 1.53 bits per heavy atom. The number of ether oxygens (including phenoxy) is 1. The normalized spacial score (nSPS) is 26.5. The van der Waals surface area contributed by atoms with Crippen LogP contribution in [-0.2, 0) is 9.53 Å². The number of nitrogens with one attached hydrogen (secondary N) is 1. The van der Waals surface area contributed by atoms with Gasteiger partial charge in [-0.2, -0.15) is 0 Å². The Bertz CT molecular complexity index is 261. The van der Waals surface area contributed by atoms with Crippen molar-refractivity contribution in [3.63, 3.8) is 0 Å². The number of imide groups is 1. The lowest BCUT2D eigenvalue weighted by Gasteiger charge is -2.26. The highest BCUT2D eigenvalue weighted by Gasteiger charge is 2.27. The fraction of sp³-hybridized carbons (Fsp3) is 0.800. The van der Waals surface area contributed by atoms with E-state index in [-0.39, 0.29) is 18.0 Å². The number of urea groups is 1. The molecular formula is C10H16N2O3. The molecule has 1 N–H and O–H groups in total. The maximum atomic E-state index is 11.7. The summed E-state index contributed by atoms with van der Waals surface area (Å²) in [6, 6.07) is -0.260. The number of carbonyl (C=O) groups excluding carboxylic acids is 2. The molecule has 2 fully saturated rings. The van der Waals surface area contributed by atoms with E-state index in [2.05, 4.69) is 5.32 Å². The van der Waals surface area contributed by atoms with Gasteiger partial charge in [0.05, 0.1) is 12.5 Å². The average Bonchev–Trinajstić information content (AvgIpc) is 2.71. The van der Waals surface area contributed by atoms with Crippen molar-refractivity contribution in [2.24, 2.45) is 0 Å². The molecule has 2 saturated heterocycles. The van der Waals surface area contributed by atoms with Crippen LogP contribution in [0.2, 0.25) is 0 Å². The molecule has 1 unspecified atom stereocenters. The van der Waals surface area contributed by atoms with Crippen molar-refractivity contribution in [2.75, 3.05) is 19.7 Å². The van der Waals surface area contributed by atoms with Gasteiger partial charge in [0.2, 0.25) is 5.91 Å². The highest BCUT2D eigenvalue weighted by atomic mass is 16.5. The van der Waals surface area contributed by atoms with E-state index in [1.165, 1.54) is 4.90 Å². The largest absolute Gasteiger partial charge is 0.378 e. The molecule has 5 nitrogen and oxygen atoms in total. The number of hydrogen-bond donors (Lipinski definition) is 1. The first-order valence-electron chi connectivity index (χ1n) is 5.47. The Morgan fingerprint density at radius 3 is 3.07 bits per heavy atom. The quantitative estimate of drug-likeness (QED) is 0.725. The second-order valence-corrected chi connectivity index (χ2v) is 3.97. The molecule has 0 aromatic heterocycles. The molecule has 0 saturated carbocycles. The Labute approximate surface area is 88.8 Å².